The van der Waals surface area contributed by atoms with Gasteiger partial charge in [0.25, 0.3) is 5.91 Å². The summed E-state index contributed by atoms with van der Waals surface area (Å²) in [5.74, 6) is -1.32. The summed E-state index contributed by atoms with van der Waals surface area (Å²) < 4.78 is 0. The Kier molecular flexibility index (Phi) is 5.86. The van der Waals surface area contributed by atoms with Gasteiger partial charge in [-0.1, -0.05) is 12.1 Å². The third-order valence-corrected chi connectivity index (χ3v) is 2.69. The summed E-state index contributed by atoms with van der Waals surface area (Å²) in [4.78, 5) is 11.6. The van der Waals surface area contributed by atoms with Crippen molar-refractivity contribution in [3.8, 4) is 5.75 Å². The number of aliphatic hydroxyl groups is 5. The van der Waals surface area contributed by atoms with Crippen LogP contribution < -0.4 is 5.32 Å². The zero-order chi connectivity index (χ0) is 15.3. The van der Waals surface area contributed by atoms with Gasteiger partial charge in [0.2, 0.25) is 0 Å². The number of amides is 1. The molecule has 7 N–H and O–H groups in total. The number of benzene rings is 1. The zero-order valence-corrected chi connectivity index (χ0v) is 10.4. The Balaban J connectivity index is 2.70. The third-order valence-electron chi connectivity index (χ3n) is 2.69. The number of aliphatic hydroxyl groups excluding tert-OH is 5. The molecule has 0 aromatic heterocycles. The molecule has 1 aromatic carbocycles. The largest absolute Gasteiger partial charge is 0.506 e. The molecule has 0 spiro atoms. The molecule has 1 aromatic rings. The van der Waals surface area contributed by atoms with E-state index in [1.165, 1.54) is 24.3 Å². The van der Waals surface area contributed by atoms with Crippen LogP contribution in [0.5, 0.6) is 5.75 Å². The monoisotopic (exact) mass is 287 g/mol. The van der Waals surface area contributed by atoms with Gasteiger partial charge in [-0.2, -0.15) is 0 Å². The van der Waals surface area contributed by atoms with E-state index in [2.05, 4.69) is 5.32 Å². The van der Waals surface area contributed by atoms with Crippen molar-refractivity contribution in [2.24, 2.45) is 0 Å². The molecule has 0 aliphatic rings. The zero-order valence-electron chi connectivity index (χ0n) is 10.4. The molecule has 0 aliphatic heterocycles. The molecule has 0 fully saturated rings. The smallest absolute Gasteiger partial charge is 0.256 e. The average molecular weight is 287 g/mol. The van der Waals surface area contributed by atoms with Crippen molar-refractivity contribution in [2.75, 3.05) is 11.9 Å². The Morgan fingerprint density at radius 1 is 1.10 bits per heavy atom. The first-order valence-corrected chi connectivity index (χ1v) is 5.80. The number of phenolic OH excluding ortho intramolecular Hbond substituents is 1. The fraction of sp³-hybridized carbons (Fsp3) is 0.417. The minimum atomic E-state index is -2.05. The number of hydrogen-bond acceptors (Lipinski definition) is 7. The summed E-state index contributed by atoms with van der Waals surface area (Å²) in [6.07, 6.45) is -7.64. The van der Waals surface area contributed by atoms with Gasteiger partial charge in [-0.05, 0) is 12.1 Å². The summed E-state index contributed by atoms with van der Waals surface area (Å²) in [5.41, 5.74) is 0.0148. The molecule has 8 nitrogen and oxygen atoms in total. The fourth-order valence-corrected chi connectivity index (χ4v) is 1.46. The summed E-state index contributed by atoms with van der Waals surface area (Å²) >= 11 is 0. The average Bonchev–Trinajstić information content (AvgIpc) is 2.46. The molecule has 1 rings (SSSR count). The lowest BCUT2D eigenvalue weighted by Gasteiger charge is -2.25. The van der Waals surface area contributed by atoms with Crippen LogP contribution in [0.15, 0.2) is 24.3 Å². The second kappa shape index (κ2) is 7.17. The highest BCUT2D eigenvalue weighted by atomic mass is 16.4. The van der Waals surface area contributed by atoms with E-state index in [9.17, 15) is 25.2 Å². The summed E-state index contributed by atoms with van der Waals surface area (Å²) in [6.45, 7) is -0.841. The molecule has 0 aliphatic carbocycles. The molecule has 20 heavy (non-hydrogen) atoms. The van der Waals surface area contributed by atoms with Gasteiger partial charge in [0.1, 0.15) is 24.1 Å². The molecule has 112 valence electrons. The van der Waals surface area contributed by atoms with Crippen LogP contribution in [-0.2, 0) is 4.79 Å². The molecular weight excluding hydrogens is 270 g/mol. The maximum absolute atomic E-state index is 11.6. The van der Waals surface area contributed by atoms with Crippen molar-refractivity contribution in [3.05, 3.63) is 24.3 Å². The second-order valence-corrected chi connectivity index (χ2v) is 4.18. The van der Waals surface area contributed by atoms with Gasteiger partial charge in [0, 0.05) is 0 Å². The van der Waals surface area contributed by atoms with E-state index in [0.29, 0.717) is 0 Å². The van der Waals surface area contributed by atoms with E-state index in [4.69, 9.17) is 10.2 Å². The maximum Gasteiger partial charge on any atom is 0.256 e. The molecule has 8 heteroatoms. The van der Waals surface area contributed by atoms with Gasteiger partial charge < -0.3 is 36.0 Å². The van der Waals surface area contributed by atoms with Crippen LogP contribution in [0.1, 0.15) is 0 Å². The molecule has 0 saturated carbocycles. The quantitative estimate of drug-likeness (QED) is 0.292. The number of carbonyl (C=O) groups excluding carboxylic acids is 1. The summed E-state index contributed by atoms with van der Waals surface area (Å²) in [6, 6.07) is 5.73. The van der Waals surface area contributed by atoms with Gasteiger partial charge in [0.05, 0.1) is 12.3 Å². The predicted octanol–water partition coefficient (Wildman–Crippen LogP) is -2.23. The number of hydrogen-bond donors (Lipinski definition) is 7. The first-order valence-electron chi connectivity index (χ1n) is 5.80. The number of anilines is 1. The Morgan fingerprint density at radius 3 is 2.25 bits per heavy atom. The van der Waals surface area contributed by atoms with Crippen LogP contribution in [0, 0.1) is 0 Å². The van der Waals surface area contributed by atoms with Gasteiger partial charge in [-0.25, -0.2) is 0 Å². The maximum atomic E-state index is 11.6. The number of carbonyl (C=O) groups is 1. The lowest BCUT2D eigenvalue weighted by molar-refractivity contribution is -0.144. The van der Waals surface area contributed by atoms with Gasteiger partial charge in [-0.15, -0.1) is 0 Å². The number of nitrogens with one attached hydrogen (secondary N) is 1. The Hall–Kier alpha value is -1.71. The van der Waals surface area contributed by atoms with Crippen LogP contribution >= 0.6 is 0 Å². The van der Waals surface area contributed by atoms with E-state index in [-0.39, 0.29) is 11.4 Å². The molecule has 4 unspecified atom stereocenters. The minimum Gasteiger partial charge on any atom is -0.506 e. The number of phenols is 1. The van der Waals surface area contributed by atoms with E-state index < -0.39 is 36.9 Å². The van der Waals surface area contributed by atoms with Crippen molar-refractivity contribution in [3.63, 3.8) is 0 Å². The van der Waals surface area contributed by atoms with Crippen LogP contribution in [-0.4, -0.2) is 67.6 Å². The lowest BCUT2D eigenvalue weighted by atomic mass is 10.0. The SMILES string of the molecule is O=C(Nc1ccccc1O)C(O)C(O)C(O)C(O)CO. The topological polar surface area (TPSA) is 150 Å². The van der Waals surface area contributed by atoms with Crippen molar-refractivity contribution >= 4 is 11.6 Å². The highest BCUT2D eigenvalue weighted by Gasteiger charge is 2.34. The van der Waals surface area contributed by atoms with Crippen molar-refractivity contribution in [1.82, 2.24) is 0 Å². The van der Waals surface area contributed by atoms with Crippen LogP contribution in [0.25, 0.3) is 0 Å². The highest BCUT2D eigenvalue weighted by Crippen LogP contribution is 2.22. The van der Waals surface area contributed by atoms with Crippen LogP contribution in [0.4, 0.5) is 5.69 Å². The van der Waals surface area contributed by atoms with Crippen molar-refractivity contribution in [2.45, 2.75) is 24.4 Å². The standard InChI is InChI=1S/C12H17NO7/c14-5-8(16)9(17)10(18)11(19)12(20)13-6-3-1-2-4-7(6)15/h1-4,8-11,14-19H,5H2,(H,13,20). The Morgan fingerprint density at radius 2 is 1.70 bits per heavy atom. The summed E-state index contributed by atoms with van der Waals surface area (Å²) in [7, 11) is 0. The van der Waals surface area contributed by atoms with E-state index in [1.54, 1.807) is 0 Å². The Bertz CT molecular complexity index is 453. The second-order valence-electron chi connectivity index (χ2n) is 4.18. The predicted molar refractivity (Wildman–Crippen MR) is 67.8 cm³/mol. The van der Waals surface area contributed by atoms with E-state index in [0.717, 1.165) is 0 Å². The normalized spacial score (nSPS) is 17.1. The fourth-order valence-electron chi connectivity index (χ4n) is 1.46. The molecule has 0 bridgehead atoms. The molecule has 0 heterocycles. The number of para-hydroxylation sites is 2. The molecule has 1 amide bonds. The van der Waals surface area contributed by atoms with Gasteiger partial charge in [-0.3, -0.25) is 4.79 Å². The van der Waals surface area contributed by atoms with Crippen molar-refractivity contribution in [1.29, 1.82) is 0 Å². The summed E-state index contributed by atoms with van der Waals surface area (Å²) in [5, 5.41) is 57.8. The number of rotatable bonds is 6. The van der Waals surface area contributed by atoms with E-state index >= 15 is 0 Å². The molecular formula is C12H17NO7. The number of aromatic hydroxyl groups is 1. The molecule has 0 radical (unpaired) electrons. The molecule has 4 atom stereocenters. The first-order chi connectivity index (χ1) is 9.38. The van der Waals surface area contributed by atoms with Gasteiger partial charge >= 0.3 is 0 Å². The lowest BCUT2D eigenvalue weighted by Crippen LogP contribution is -2.50. The van der Waals surface area contributed by atoms with Gasteiger partial charge in [0.15, 0.2) is 6.10 Å². The minimum absolute atomic E-state index is 0.0148. The van der Waals surface area contributed by atoms with Crippen molar-refractivity contribution < 1.29 is 35.4 Å². The first kappa shape index (κ1) is 16.3. The van der Waals surface area contributed by atoms with E-state index in [1.807, 2.05) is 0 Å². The van der Waals surface area contributed by atoms with Crippen LogP contribution in [0.2, 0.25) is 0 Å². The Labute approximate surface area is 114 Å². The highest BCUT2D eigenvalue weighted by molar-refractivity contribution is 5.95. The third kappa shape index (κ3) is 3.89. The van der Waals surface area contributed by atoms with Crippen LogP contribution in [0.3, 0.4) is 0 Å². The molecule has 0 saturated heterocycles.